The van der Waals surface area contributed by atoms with Crippen LogP contribution in [0.1, 0.15) is 57.6 Å². The van der Waals surface area contributed by atoms with Gasteiger partial charge in [-0.1, -0.05) is 83.6 Å². The Bertz CT molecular complexity index is 543. The van der Waals surface area contributed by atoms with Crippen LogP contribution in [0.2, 0.25) is 0 Å². The summed E-state index contributed by atoms with van der Waals surface area (Å²) >= 11 is 0. The topological polar surface area (TPSA) is 0 Å². The molecule has 0 heterocycles. The van der Waals surface area contributed by atoms with Crippen molar-refractivity contribution >= 4 is 14.7 Å². The molecule has 1 aliphatic carbocycles. The van der Waals surface area contributed by atoms with Crippen LogP contribution in [-0.2, 0) is 0 Å². The molecule has 0 amide bonds. The molecule has 0 fully saturated rings. The molecule has 0 radical (unpaired) electrons. The van der Waals surface area contributed by atoms with Gasteiger partial charge >= 0.3 is 0 Å². The molecule has 0 saturated carbocycles. The molecule has 114 valence electrons. The van der Waals surface area contributed by atoms with E-state index >= 15 is 0 Å². The maximum absolute atomic E-state index is 2.51. The molecule has 1 aromatic rings. The molecule has 0 spiro atoms. The van der Waals surface area contributed by atoms with Crippen LogP contribution in [0, 0.1) is 19.8 Å². The van der Waals surface area contributed by atoms with Gasteiger partial charge in [-0.25, -0.2) is 0 Å². The summed E-state index contributed by atoms with van der Waals surface area (Å²) in [6.07, 6.45) is 7.86. The Kier molecular flexibility index (Phi) is 5.63. The van der Waals surface area contributed by atoms with E-state index in [1.54, 1.807) is 21.5 Å². The zero-order valence-electron chi connectivity index (χ0n) is 14.4. The molecular weight excluding hydrogens is 268 g/mol. The van der Waals surface area contributed by atoms with E-state index in [1.807, 2.05) is 0 Å². The second-order valence-corrected chi connectivity index (χ2v) is 8.77. The van der Waals surface area contributed by atoms with E-state index in [1.165, 1.54) is 36.8 Å². The number of benzene rings is 1. The van der Waals surface area contributed by atoms with Crippen molar-refractivity contribution in [3.05, 3.63) is 51.7 Å². The normalized spacial score (nSPS) is 18.9. The molecule has 1 heteroatoms. The van der Waals surface area contributed by atoms with Gasteiger partial charge in [0.15, 0.2) is 0 Å². The van der Waals surface area contributed by atoms with Crippen LogP contribution in [-0.4, -0.2) is 9.52 Å². The first-order chi connectivity index (χ1) is 10.0. The Morgan fingerprint density at radius 1 is 1.00 bits per heavy atom. The van der Waals surface area contributed by atoms with Crippen LogP contribution < -0.4 is 5.19 Å². The van der Waals surface area contributed by atoms with Gasteiger partial charge in [0.2, 0.25) is 0 Å². The zero-order chi connectivity index (χ0) is 15.4. The highest BCUT2D eigenvalue weighted by atomic mass is 28.2. The van der Waals surface area contributed by atoms with E-state index in [9.17, 15) is 0 Å². The second-order valence-electron chi connectivity index (χ2n) is 6.78. The highest BCUT2D eigenvalue weighted by Gasteiger charge is 2.21. The molecule has 1 aromatic carbocycles. The summed E-state index contributed by atoms with van der Waals surface area (Å²) in [5, 5.41) is 3.34. The predicted molar refractivity (Wildman–Crippen MR) is 98.2 cm³/mol. The molecule has 21 heavy (non-hydrogen) atoms. The fourth-order valence-electron chi connectivity index (χ4n) is 3.65. The standard InChI is InChI=1S/C20H30Si/c1-6-7-8-9-19-16(4)13-20(17(19)5)21-18-11-14(2)10-15(3)12-18/h10-13,17H,6-9,21H2,1-5H3. The summed E-state index contributed by atoms with van der Waals surface area (Å²) in [6, 6.07) is 7.08. The maximum atomic E-state index is 2.51. The summed E-state index contributed by atoms with van der Waals surface area (Å²) in [4.78, 5) is 0. The van der Waals surface area contributed by atoms with Crippen molar-refractivity contribution in [3.63, 3.8) is 0 Å². The maximum Gasteiger partial charge on any atom is 0.0832 e. The van der Waals surface area contributed by atoms with Crippen molar-refractivity contribution in [1.82, 2.24) is 0 Å². The van der Waals surface area contributed by atoms with Crippen LogP contribution in [0.4, 0.5) is 0 Å². The number of unbranched alkanes of at least 4 members (excludes halogenated alkanes) is 2. The van der Waals surface area contributed by atoms with Gasteiger partial charge in [0.05, 0.1) is 9.52 Å². The first kappa shape index (κ1) is 16.3. The Morgan fingerprint density at radius 2 is 1.67 bits per heavy atom. The Hall–Kier alpha value is -1.08. The van der Waals surface area contributed by atoms with Gasteiger partial charge in [0, 0.05) is 0 Å². The van der Waals surface area contributed by atoms with Crippen LogP contribution >= 0.6 is 0 Å². The van der Waals surface area contributed by atoms with Gasteiger partial charge in [0.25, 0.3) is 0 Å². The molecule has 1 unspecified atom stereocenters. The van der Waals surface area contributed by atoms with E-state index < -0.39 is 0 Å². The highest BCUT2D eigenvalue weighted by Crippen LogP contribution is 2.34. The average molecular weight is 299 g/mol. The zero-order valence-corrected chi connectivity index (χ0v) is 15.8. The summed E-state index contributed by atoms with van der Waals surface area (Å²) in [6.45, 7) is 11.5. The van der Waals surface area contributed by atoms with Gasteiger partial charge in [-0.15, -0.1) is 0 Å². The lowest BCUT2D eigenvalue weighted by Gasteiger charge is -2.15. The third-order valence-corrected chi connectivity index (χ3v) is 6.77. The van der Waals surface area contributed by atoms with E-state index in [2.05, 4.69) is 58.9 Å². The minimum absolute atomic E-state index is 0.298. The minimum Gasteiger partial charge on any atom is -0.0756 e. The third-order valence-electron chi connectivity index (χ3n) is 4.73. The van der Waals surface area contributed by atoms with Gasteiger partial charge in [0.1, 0.15) is 0 Å². The second kappa shape index (κ2) is 7.26. The van der Waals surface area contributed by atoms with Crippen molar-refractivity contribution in [3.8, 4) is 0 Å². The summed E-state index contributed by atoms with van der Waals surface area (Å²) in [7, 11) is -0.298. The van der Waals surface area contributed by atoms with E-state index in [4.69, 9.17) is 0 Å². The summed E-state index contributed by atoms with van der Waals surface area (Å²) in [5.41, 5.74) is 6.11. The van der Waals surface area contributed by atoms with Crippen molar-refractivity contribution in [1.29, 1.82) is 0 Å². The largest absolute Gasteiger partial charge is 0.0832 e. The first-order valence-electron chi connectivity index (χ1n) is 8.48. The highest BCUT2D eigenvalue weighted by molar-refractivity contribution is 6.61. The molecule has 0 aliphatic heterocycles. The lowest BCUT2D eigenvalue weighted by Crippen LogP contribution is -2.20. The fraction of sp³-hybridized carbons (Fsp3) is 0.500. The SMILES string of the molecule is CCCCCC1=C(C)C=C([SiH2]c2cc(C)cc(C)c2)C1C. The monoisotopic (exact) mass is 298 g/mol. The van der Waals surface area contributed by atoms with E-state index in [-0.39, 0.29) is 9.52 Å². The fourth-order valence-corrected chi connectivity index (χ4v) is 5.93. The molecule has 2 rings (SSSR count). The first-order valence-corrected chi connectivity index (χ1v) is 9.90. The third kappa shape index (κ3) is 4.20. The van der Waals surface area contributed by atoms with Crippen molar-refractivity contribution < 1.29 is 0 Å². The van der Waals surface area contributed by atoms with Crippen molar-refractivity contribution in [2.24, 2.45) is 5.92 Å². The number of rotatable bonds is 6. The number of allylic oxidation sites excluding steroid dienone is 4. The summed E-state index contributed by atoms with van der Waals surface area (Å²) < 4.78 is 0. The lowest BCUT2D eigenvalue weighted by molar-refractivity contribution is 0.672. The Morgan fingerprint density at radius 3 is 2.29 bits per heavy atom. The number of aryl methyl sites for hydroxylation is 2. The van der Waals surface area contributed by atoms with E-state index in [0.717, 1.165) is 0 Å². The molecule has 0 bridgehead atoms. The van der Waals surface area contributed by atoms with Gasteiger partial charge in [-0.2, -0.15) is 0 Å². The van der Waals surface area contributed by atoms with Crippen LogP contribution in [0.25, 0.3) is 0 Å². The Balaban J connectivity index is 2.05. The van der Waals surface area contributed by atoms with Gasteiger partial charge in [-0.3, -0.25) is 0 Å². The molecule has 0 nitrogen and oxygen atoms in total. The number of hydrogen-bond donors (Lipinski definition) is 0. The predicted octanol–water partition coefficient (Wildman–Crippen LogP) is 4.53. The van der Waals surface area contributed by atoms with Crippen LogP contribution in [0.3, 0.4) is 0 Å². The Labute approximate surface area is 133 Å². The van der Waals surface area contributed by atoms with Crippen LogP contribution in [0.5, 0.6) is 0 Å². The molecule has 0 saturated heterocycles. The quantitative estimate of drug-likeness (QED) is 0.535. The van der Waals surface area contributed by atoms with Crippen LogP contribution in [0.15, 0.2) is 40.6 Å². The summed E-state index contributed by atoms with van der Waals surface area (Å²) in [5.74, 6) is 0.703. The van der Waals surface area contributed by atoms with E-state index in [0.29, 0.717) is 5.92 Å². The molecule has 0 aromatic heterocycles. The average Bonchev–Trinajstić information content (AvgIpc) is 2.65. The number of hydrogen-bond acceptors (Lipinski definition) is 0. The lowest BCUT2D eigenvalue weighted by atomic mass is 9.96. The van der Waals surface area contributed by atoms with Gasteiger partial charge in [-0.05, 0) is 39.5 Å². The molecule has 0 N–H and O–H groups in total. The molecule has 1 atom stereocenters. The van der Waals surface area contributed by atoms with Crippen molar-refractivity contribution in [2.45, 2.75) is 60.3 Å². The minimum atomic E-state index is -0.298. The molecular formula is C20H30Si. The van der Waals surface area contributed by atoms with Gasteiger partial charge < -0.3 is 0 Å². The van der Waals surface area contributed by atoms with Crippen molar-refractivity contribution in [2.75, 3.05) is 0 Å². The molecule has 1 aliphatic rings. The smallest absolute Gasteiger partial charge is 0.0756 e.